The number of ether oxygens (including phenoxy) is 2. The molecule has 0 spiro atoms. The summed E-state index contributed by atoms with van der Waals surface area (Å²) in [5.74, 6) is 1.12. The lowest BCUT2D eigenvalue weighted by Gasteiger charge is -2.14. The van der Waals surface area contributed by atoms with E-state index in [0.29, 0.717) is 11.3 Å². The van der Waals surface area contributed by atoms with Gasteiger partial charge in [-0.2, -0.15) is 0 Å². The molecule has 1 heterocycles. The van der Waals surface area contributed by atoms with E-state index in [0.717, 1.165) is 28.7 Å². The molecule has 1 unspecified atom stereocenters. The fourth-order valence-corrected chi connectivity index (χ4v) is 3.49. The molecule has 5 nitrogen and oxygen atoms in total. The van der Waals surface area contributed by atoms with Crippen molar-refractivity contribution >= 4 is 0 Å². The van der Waals surface area contributed by atoms with Gasteiger partial charge in [-0.05, 0) is 48.7 Å². The molecule has 5 heteroatoms. The fourth-order valence-electron chi connectivity index (χ4n) is 3.49. The average molecular weight is 408 g/mol. The molecule has 158 valence electrons. The Hall–Kier alpha value is -3.34. The van der Waals surface area contributed by atoms with Crippen LogP contribution in [0.1, 0.15) is 47.8 Å². The van der Waals surface area contributed by atoms with Crippen LogP contribution >= 0.6 is 0 Å². The molecule has 0 aliphatic carbocycles. The summed E-state index contributed by atoms with van der Waals surface area (Å²) in [5.41, 5.74) is 4.62. The first kappa shape index (κ1) is 21.4. The zero-order valence-electron chi connectivity index (χ0n) is 17.8. The predicted octanol–water partition coefficient (Wildman–Crippen LogP) is 5.70. The smallest absolute Gasteiger partial charge is 0.168 e. The maximum atomic E-state index is 10.0. The Morgan fingerprint density at radius 3 is 2.17 bits per heavy atom. The number of aromatic hydroxyl groups is 3. The molecule has 0 fully saturated rings. The van der Waals surface area contributed by atoms with E-state index in [2.05, 4.69) is 0 Å². The van der Waals surface area contributed by atoms with Gasteiger partial charge in [0.2, 0.25) is 0 Å². The molecule has 30 heavy (non-hydrogen) atoms. The van der Waals surface area contributed by atoms with Crippen LogP contribution in [0.3, 0.4) is 0 Å². The van der Waals surface area contributed by atoms with Gasteiger partial charge in [-0.3, -0.25) is 0 Å². The van der Waals surface area contributed by atoms with Crippen LogP contribution < -0.4 is 9.47 Å². The summed E-state index contributed by atoms with van der Waals surface area (Å²) in [6.07, 6.45) is 0.594. The van der Waals surface area contributed by atoms with Crippen molar-refractivity contribution < 1.29 is 24.8 Å². The Morgan fingerprint density at radius 2 is 1.50 bits per heavy atom. The third-order valence-corrected chi connectivity index (χ3v) is 5.21. The number of phenolic OH excluding ortho intramolecular Hbond substituents is 3. The Labute approximate surface area is 177 Å². The van der Waals surface area contributed by atoms with Gasteiger partial charge in [0, 0.05) is 17.5 Å². The second kappa shape index (κ2) is 8.99. The number of rotatable bonds is 4. The van der Waals surface area contributed by atoms with Gasteiger partial charge < -0.3 is 24.8 Å². The minimum atomic E-state index is -0.130. The highest BCUT2D eigenvalue weighted by molar-refractivity contribution is 5.53. The summed E-state index contributed by atoms with van der Waals surface area (Å²) in [7, 11) is 0. The van der Waals surface area contributed by atoms with Crippen LogP contribution in [0.2, 0.25) is 0 Å². The van der Waals surface area contributed by atoms with Crippen LogP contribution in [0, 0.1) is 13.8 Å². The summed E-state index contributed by atoms with van der Waals surface area (Å²) in [4.78, 5) is 0. The van der Waals surface area contributed by atoms with Crippen molar-refractivity contribution in [2.75, 3.05) is 0 Å². The lowest BCUT2D eigenvalue weighted by molar-refractivity contribution is 0.230. The molecule has 0 amide bonds. The molecule has 4 rings (SSSR count). The summed E-state index contributed by atoms with van der Waals surface area (Å²) >= 11 is 0. The number of benzene rings is 3. The van der Waals surface area contributed by atoms with Gasteiger partial charge in [-0.25, -0.2) is 0 Å². The summed E-state index contributed by atoms with van der Waals surface area (Å²) in [6, 6.07) is 14.3. The Balaban J connectivity index is 0.00000124. The lowest BCUT2D eigenvalue weighted by atomic mass is 9.99. The molecule has 3 N–H and O–H groups in total. The first-order valence-corrected chi connectivity index (χ1v) is 10.2. The molecule has 0 bridgehead atoms. The van der Waals surface area contributed by atoms with Crippen molar-refractivity contribution in [2.24, 2.45) is 0 Å². The van der Waals surface area contributed by atoms with Crippen molar-refractivity contribution in [1.82, 2.24) is 0 Å². The van der Waals surface area contributed by atoms with E-state index in [1.54, 1.807) is 13.0 Å². The topological polar surface area (TPSA) is 79.2 Å². The average Bonchev–Trinajstić information content (AvgIpc) is 3.22. The Kier molecular flexibility index (Phi) is 6.40. The monoisotopic (exact) mass is 408 g/mol. The predicted molar refractivity (Wildman–Crippen MR) is 117 cm³/mol. The molecule has 0 saturated heterocycles. The van der Waals surface area contributed by atoms with Gasteiger partial charge in [-0.15, -0.1) is 0 Å². The summed E-state index contributed by atoms with van der Waals surface area (Å²) in [6.45, 7) is 7.98. The highest BCUT2D eigenvalue weighted by Crippen LogP contribution is 2.44. The zero-order valence-corrected chi connectivity index (χ0v) is 17.8. The SMILES string of the molecule is CC.Cc1ccc(O)c2c1CC(c1ccc(COc3c(O)ccc(O)c3C)cc1)O2. The molecule has 0 radical (unpaired) electrons. The van der Waals surface area contributed by atoms with Gasteiger partial charge in [0.05, 0.1) is 0 Å². The van der Waals surface area contributed by atoms with Crippen molar-refractivity contribution in [3.63, 3.8) is 0 Å². The van der Waals surface area contributed by atoms with Crippen molar-refractivity contribution in [3.05, 3.63) is 76.3 Å². The van der Waals surface area contributed by atoms with E-state index in [4.69, 9.17) is 9.47 Å². The lowest BCUT2D eigenvalue weighted by Crippen LogP contribution is -2.04. The van der Waals surface area contributed by atoms with E-state index in [1.807, 2.05) is 51.1 Å². The zero-order chi connectivity index (χ0) is 21.8. The number of aryl methyl sites for hydroxylation is 1. The molecule has 3 aromatic carbocycles. The number of phenols is 3. The molecule has 1 atom stereocenters. The minimum Gasteiger partial charge on any atom is -0.508 e. The quantitative estimate of drug-likeness (QED) is 0.483. The van der Waals surface area contributed by atoms with Crippen LogP contribution in [-0.2, 0) is 13.0 Å². The van der Waals surface area contributed by atoms with Crippen LogP contribution in [-0.4, -0.2) is 15.3 Å². The summed E-state index contributed by atoms with van der Waals surface area (Å²) < 4.78 is 11.7. The van der Waals surface area contributed by atoms with Crippen LogP contribution in [0.5, 0.6) is 28.7 Å². The van der Waals surface area contributed by atoms with Crippen molar-refractivity contribution in [2.45, 2.75) is 46.8 Å². The van der Waals surface area contributed by atoms with Gasteiger partial charge in [0.15, 0.2) is 23.0 Å². The van der Waals surface area contributed by atoms with Gasteiger partial charge in [0.25, 0.3) is 0 Å². The number of hydrogen-bond acceptors (Lipinski definition) is 5. The number of hydrogen-bond donors (Lipinski definition) is 3. The van der Waals surface area contributed by atoms with Gasteiger partial charge in [-0.1, -0.05) is 44.2 Å². The minimum absolute atomic E-state index is 0.000724. The third kappa shape index (κ3) is 4.15. The highest BCUT2D eigenvalue weighted by Gasteiger charge is 2.28. The molecule has 3 aromatic rings. The largest absolute Gasteiger partial charge is 0.508 e. The highest BCUT2D eigenvalue weighted by atomic mass is 16.5. The molecule has 1 aliphatic rings. The second-order valence-electron chi connectivity index (χ2n) is 7.11. The third-order valence-electron chi connectivity index (χ3n) is 5.21. The standard InChI is InChI=1S/C23H22O5.C2H6/c1-13-3-8-20(26)23-17(13)11-21(28-23)16-6-4-15(5-7-16)12-27-22-14(2)18(24)9-10-19(22)25;1-2/h3-10,21,24-26H,11-12H2,1-2H3;1-2H3. The molecule has 0 aromatic heterocycles. The molecule has 0 saturated carbocycles. The van der Waals surface area contributed by atoms with E-state index in [9.17, 15) is 15.3 Å². The van der Waals surface area contributed by atoms with Crippen LogP contribution in [0.25, 0.3) is 0 Å². The first-order chi connectivity index (χ1) is 14.4. The maximum Gasteiger partial charge on any atom is 0.168 e. The number of fused-ring (bicyclic) bond motifs is 1. The molecular formula is C25H28O5. The van der Waals surface area contributed by atoms with E-state index in [1.165, 1.54) is 12.1 Å². The van der Waals surface area contributed by atoms with Gasteiger partial charge in [0.1, 0.15) is 18.5 Å². The van der Waals surface area contributed by atoms with Gasteiger partial charge >= 0.3 is 0 Å². The normalized spacial score (nSPS) is 14.3. The Bertz CT molecular complexity index is 994. The maximum absolute atomic E-state index is 10.0. The summed E-state index contributed by atoms with van der Waals surface area (Å²) in [5, 5.41) is 29.7. The fraction of sp³-hybridized carbons (Fsp3) is 0.280. The van der Waals surface area contributed by atoms with E-state index < -0.39 is 0 Å². The van der Waals surface area contributed by atoms with Crippen molar-refractivity contribution in [3.8, 4) is 28.7 Å². The van der Waals surface area contributed by atoms with Crippen molar-refractivity contribution in [1.29, 1.82) is 0 Å². The Morgan fingerprint density at radius 1 is 0.867 bits per heavy atom. The second-order valence-corrected chi connectivity index (χ2v) is 7.11. The first-order valence-electron chi connectivity index (χ1n) is 10.2. The van der Waals surface area contributed by atoms with Crippen LogP contribution in [0.4, 0.5) is 0 Å². The van der Waals surface area contributed by atoms with E-state index >= 15 is 0 Å². The van der Waals surface area contributed by atoms with Crippen LogP contribution in [0.15, 0.2) is 48.5 Å². The molecular weight excluding hydrogens is 380 g/mol. The van der Waals surface area contributed by atoms with E-state index in [-0.39, 0.29) is 35.7 Å². The molecule has 1 aliphatic heterocycles.